The number of ether oxygens (including phenoxy) is 2. The van der Waals surface area contributed by atoms with Crippen LogP contribution in [-0.2, 0) is 19.1 Å². The minimum Gasteiger partial charge on any atom is -0.382 e. The molecule has 1 aliphatic heterocycles. The maximum absolute atomic E-state index is 12.1. The van der Waals surface area contributed by atoms with Crippen LogP contribution in [0.25, 0.3) is 11.2 Å². The fourth-order valence-corrected chi connectivity index (χ4v) is 3.02. The third kappa shape index (κ3) is 2.74. The summed E-state index contributed by atoms with van der Waals surface area (Å²) in [7, 11) is 6.51. The van der Waals surface area contributed by atoms with Crippen molar-refractivity contribution in [2.24, 2.45) is 5.92 Å². The zero-order chi connectivity index (χ0) is 19.0. The van der Waals surface area contributed by atoms with Gasteiger partial charge in [0.15, 0.2) is 23.8 Å². The van der Waals surface area contributed by atoms with E-state index in [1.165, 1.54) is 20.5 Å². The SMILES string of the molecule is CNC(=O)C1OC(n2cnc3c(N)nc(N(C)C)nc32)C(OC)C1C=O. The van der Waals surface area contributed by atoms with Crippen LogP contribution < -0.4 is 16.0 Å². The van der Waals surface area contributed by atoms with Gasteiger partial charge in [0, 0.05) is 28.3 Å². The second-order valence-electron chi connectivity index (χ2n) is 6.10. The van der Waals surface area contributed by atoms with E-state index < -0.39 is 30.3 Å². The van der Waals surface area contributed by atoms with Crippen molar-refractivity contribution in [2.45, 2.75) is 18.4 Å². The maximum Gasteiger partial charge on any atom is 0.249 e. The molecule has 2 aromatic heterocycles. The molecule has 11 heteroatoms. The monoisotopic (exact) mass is 363 g/mol. The summed E-state index contributed by atoms with van der Waals surface area (Å²) in [6.07, 6.45) is -0.280. The molecule has 1 amide bonds. The van der Waals surface area contributed by atoms with Crippen LogP contribution in [0.15, 0.2) is 6.33 Å². The molecular weight excluding hydrogens is 342 g/mol. The fraction of sp³-hybridized carbons (Fsp3) is 0.533. The van der Waals surface area contributed by atoms with Crippen molar-refractivity contribution in [3.8, 4) is 0 Å². The number of hydrogen-bond acceptors (Lipinski definition) is 9. The minimum absolute atomic E-state index is 0.221. The van der Waals surface area contributed by atoms with Gasteiger partial charge in [0.1, 0.15) is 17.9 Å². The van der Waals surface area contributed by atoms with E-state index in [0.717, 1.165) is 0 Å². The summed E-state index contributed by atoms with van der Waals surface area (Å²) in [5, 5.41) is 2.50. The molecule has 3 heterocycles. The van der Waals surface area contributed by atoms with Crippen molar-refractivity contribution in [2.75, 3.05) is 38.9 Å². The number of carbonyl (C=O) groups excluding carboxylic acids is 2. The standard InChI is InChI=1S/C15H21N7O4/c1-17-13(24)9-7(5-23)10(25-4)14(26-9)22-6-18-8-11(16)19-15(21(2)3)20-12(8)22/h5-7,9-10,14H,1-4H3,(H,17,24)(H2,16,19,20). The van der Waals surface area contributed by atoms with E-state index in [-0.39, 0.29) is 5.82 Å². The smallest absolute Gasteiger partial charge is 0.249 e. The van der Waals surface area contributed by atoms with Gasteiger partial charge in [0.25, 0.3) is 0 Å². The number of nitrogens with two attached hydrogens (primary N) is 1. The predicted octanol–water partition coefficient (Wildman–Crippen LogP) is -1.05. The lowest BCUT2D eigenvalue weighted by atomic mass is 9.99. The average Bonchev–Trinajstić information content (AvgIpc) is 3.21. The number of amides is 1. The Hall–Kier alpha value is -2.79. The number of carbonyl (C=O) groups is 2. The summed E-state index contributed by atoms with van der Waals surface area (Å²) in [6, 6.07) is 0. The number of imidazole rings is 1. The number of likely N-dealkylation sites (N-methyl/N-ethyl adjacent to an activating group) is 1. The molecule has 0 spiro atoms. The number of aldehydes is 1. The van der Waals surface area contributed by atoms with Crippen molar-refractivity contribution >= 4 is 35.1 Å². The molecule has 0 aromatic carbocycles. The van der Waals surface area contributed by atoms with Crippen LogP contribution >= 0.6 is 0 Å². The van der Waals surface area contributed by atoms with Gasteiger partial charge in [-0.25, -0.2) is 4.98 Å². The molecule has 0 aliphatic carbocycles. The van der Waals surface area contributed by atoms with Gasteiger partial charge in [-0.05, 0) is 0 Å². The first-order valence-corrected chi connectivity index (χ1v) is 7.95. The molecule has 4 atom stereocenters. The van der Waals surface area contributed by atoms with E-state index in [4.69, 9.17) is 15.2 Å². The Kier molecular flexibility index (Phi) is 4.74. The number of nitrogen functional groups attached to an aromatic ring is 1. The summed E-state index contributed by atoms with van der Waals surface area (Å²) >= 11 is 0. The lowest BCUT2D eigenvalue weighted by Gasteiger charge is -2.20. The molecule has 1 aliphatic rings. The largest absolute Gasteiger partial charge is 0.382 e. The predicted molar refractivity (Wildman–Crippen MR) is 92.4 cm³/mol. The first kappa shape index (κ1) is 18.0. The van der Waals surface area contributed by atoms with Crippen LogP contribution in [0, 0.1) is 5.92 Å². The molecule has 2 aromatic rings. The van der Waals surface area contributed by atoms with Gasteiger partial charge in [-0.1, -0.05) is 0 Å². The summed E-state index contributed by atoms with van der Waals surface area (Å²) < 4.78 is 12.9. The van der Waals surface area contributed by atoms with Gasteiger partial charge in [-0.3, -0.25) is 9.36 Å². The highest BCUT2D eigenvalue weighted by Gasteiger charge is 2.49. The number of hydrogen-bond donors (Lipinski definition) is 2. The Bertz CT molecular complexity index is 837. The third-order valence-electron chi connectivity index (χ3n) is 4.34. The highest BCUT2D eigenvalue weighted by Crippen LogP contribution is 2.37. The molecule has 0 radical (unpaired) electrons. The number of fused-ring (bicyclic) bond motifs is 1. The molecule has 11 nitrogen and oxygen atoms in total. The number of nitrogens with zero attached hydrogens (tertiary/aromatic N) is 5. The second kappa shape index (κ2) is 6.84. The topological polar surface area (TPSA) is 137 Å². The van der Waals surface area contributed by atoms with E-state index in [0.29, 0.717) is 23.4 Å². The van der Waals surface area contributed by atoms with Gasteiger partial charge in [0.05, 0.1) is 12.2 Å². The number of aromatic nitrogens is 4. The van der Waals surface area contributed by atoms with E-state index in [1.807, 2.05) is 0 Å². The minimum atomic E-state index is -0.975. The quantitative estimate of drug-likeness (QED) is 0.637. The summed E-state index contributed by atoms with van der Waals surface area (Å²) in [6.45, 7) is 0. The fourth-order valence-electron chi connectivity index (χ4n) is 3.02. The Morgan fingerprint density at radius 1 is 1.46 bits per heavy atom. The van der Waals surface area contributed by atoms with Gasteiger partial charge in [-0.2, -0.15) is 9.97 Å². The Labute approximate surface area is 149 Å². The molecule has 1 saturated heterocycles. The summed E-state index contributed by atoms with van der Waals surface area (Å²) in [4.78, 5) is 38.3. The van der Waals surface area contributed by atoms with Crippen molar-refractivity contribution in [3.63, 3.8) is 0 Å². The second-order valence-corrected chi connectivity index (χ2v) is 6.10. The normalized spacial score (nSPS) is 25.4. The van der Waals surface area contributed by atoms with Crippen molar-refractivity contribution in [1.29, 1.82) is 0 Å². The lowest BCUT2D eigenvalue weighted by Crippen LogP contribution is -2.38. The van der Waals surface area contributed by atoms with Crippen LogP contribution in [-0.4, -0.2) is 72.2 Å². The van der Waals surface area contributed by atoms with Crippen LogP contribution in [0.4, 0.5) is 11.8 Å². The molecular formula is C15H21N7O4. The maximum atomic E-state index is 12.1. The van der Waals surface area contributed by atoms with E-state index in [9.17, 15) is 9.59 Å². The Balaban J connectivity index is 2.10. The van der Waals surface area contributed by atoms with Crippen LogP contribution in [0.3, 0.4) is 0 Å². The zero-order valence-electron chi connectivity index (χ0n) is 14.9. The van der Waals surface area contributed by atoms with Crippen LogP contribution in [0.2, 0.25) is 0 Å². The van der Waals surface area contributed by atoms with Gasteiger partial charge < -0.3 is 30.2 Å². The Morgan fingerprint density at radius 3 is 2.77 bits per heavy atom. The highest BCUT2D eigenvalue weighted by molar-refractivity contribution is 5.85. The van der Waals surface area contributed by atoms with Crippen LogP contribution in [0.5, 0.6) is 0 Å². The van der Waals surface area contributed by atoms with E-state index in [2.05, 4.69) is 20.3 Å². The van der Waals surface area contributed by atoms with Crippen molar-refractivity contribution in [1.82, 2.24) is 24.8 Å². The average molecular weight is 363 g/mol. The molecule has 1 fully saturated rings. The molecule has 3 rings (SSSR count). The number of anilines is 2. The third-order valence-corrected chi connectivity index (χ3v) is 4.34. The summed E-state index contributed by atoms with van der Waals surface area (Å²) in [5.41, 5.74) is 6.81. The first-order valence-electron chi connectivity index (χ1n) is 7.95. The number of rotatable bonds is 5. The number of methoxy groups -OCH3 is 1. The molecule has 140 valence electrons. The molecule has 4 unspecified atom stereocenters. The molecule has 26 heavy (non-hydrogen) atoms. The Morgan fingerprint density at radius 2 is 2.19 bits per heavy atom. The molecule has 0 bridgehead atoms. The van der Waals surface area contributed by atoms with Crippen molar-refractivity contribution < 1.29 is 19.1 Å². The van der Waals surface area contributed by atoms with E-state index >= 15 is 0 Å². The lowest BCUT2D eigenvalue weighted by molar-refractivity contribution is -0.137. The highest BCUT2D eigenvalue weighted by atomic mass is 16.6. The number of nitrogens with one attached hydrogen (secondary N) is 1. The van der Waals surface area contributed by atoms with E-state index in [1.54, 1.807) is 23.6 Å². The first-order chi connectivity index (χ1) is 12.4. The van der Waals surface area contributed by atoms with Crippen LogP contribution in [0.1, 0.15) is 6.23 Å². The summed E-state index contributed by atoms with van der Waals surface area (Å²) in [5.74, 6) is -0.549. The molecule has 3 N–H and O–H groups in total. The van der Waals surface area contributed by atoms with Crippen molar-refractivity contribution in [3.05, 3.63) is 6.33 Å². The zero-order valence-corrected chi connectivity index (χ0v) is 14.9. The molecule has 0 saturated carbocycles. The van der Waals surface area contributed by atoms with Gasteiger partial charge >= 0.3 is 0 Å². The van der Waals surface area contributed by atoms with Gasteiger partial charge in [-0.15, -0.1) is 0 Å². The van der Waals surface area contributed by atoms with Gasteiger partial charge in [0.2, 0.25) is 11.9 Å².